The van der Waals surface area contributed by atoms with Gasteiger partial charge in [-0.25, -0.2) is 0 Å². The molecular weight excluding hydrogens is 585 g/mol. The maximum Gasteiger partial charge on any atom is 0.152 e. The third-order valence-electron chi connectivity index (χ3n) is 13.3. The normalized spacial score (nSPS) is 36.9. The van der Waals surface area contributed by atoms with E-state index in [2.05, 4.69) is 76.3 Å². The molecule has 4 aromatic rings. The number of hydrogen-bond acceptors (Lipinski definition) is 6. The fraction of sp³-hybridized carbons (Fsp3) is 0.550. The van der Waals surface area contributed by atoms with Crippen LogP contribution in [0.5, 0.6) is 0 Å². The van der Waals surface area contributed by atoms with E-state index in [4.69, 9.17) is 14.4 Å². The van der Waals surface area contributed by atoms with E-state index in [0.29, 0.717) is 23.3 Å². The molecule has 0 saturated heterocycles. The molecule has 0 spiro atoms. The molecular formula is C40H46N4OS. The van der Waals surface area contributed by atoms with Crippen molar-refractivity contribution in [3.05, 3.63) is 82.5 Å². The van der Waals surface area contributed by atoms with E-state index in [9.17, 15) is 0 Å². The van der Waals surface area contributed by atoms with Crippen LogP contribution in [-0.4, -0.2) is 21.0 Å². The van der Waals surface area contributed by atoms with Crippen molar-refractivity contribution in [2.24, 2.45) is 35.5 Å². The fourth-order valence-corrected chi connectivity index (χ4v) is 12.7. The monoisotopic (exact) mass is 630 g/mol. The average molecular weight is 631 g/mol. The predicted molar refractivity (Wildman–Crippen MR) is 183 cm³/mol. The van der Waals surface area contributed by atoms with Crippen molar-refractivity contribution in [3.63, 3.8) is 0 Å². The van der Waals surface area contributed by atoms with E-state index < -0.39 is 0 Å². The lowest BCUT2D eigenvalue weighted by Gasteiger charge is -2.60. The van der Waals surface area contributed by atoms with Crippen molar-refractivity contribution < 1.29 is 4.42 Å². The minimum absolute atomic E-state index is 0.260. The maximum absolute atomic E-state index is 6.66. The Balaban J connectivity index is 0.786. The van der Waals surface area contributed by atoms with Crippen LogP contribution in [0.3, 0.4) is 0 Å². The quantitative estimate of drug-likeness (QED) is 0.193. The summed E-state index contributed by atoms with van der Waals surface area (Å²) in [5, 5.41) is 12.4. The minimum Gasteiger partial charge on any atom is -0.459 e. The number of pyridine rings is 2. The SMILES string of the molecule is c1cc(-c2ccc(CNC34CC5CC(C3)C(c3ccc(-c6ccc(CNC78CC9CC(CC(C9)C7)C8)cn6)o3)C(C5)C4)cn2)cs1. The number of furan rings is 1. The van der Waals surface area contributed by atoms with E-state index in [-0.39, 0.29) is 5.54 Å². The zero-order valence-corrected chi connectivity index (χ0v) is 27.6. The molecule has 0 aliphatic heterocycles. The number of thiophene rings is 1. The van der Waals surface area contributed by atoms with Crippen molar-refractivity contribution in [2.45, 2.75) is 101 Å². The molecule has 2 N–H and O–H groups in total. The Morgan fingerprint density at radius 3 is 1.80 bits per heavy atom. The molecule has 8 aliphatic carbocycles. The number of rotatable bonds is 9. The van der Waals surface area contributed by atoms with Gasteiger partial charge in [-0.05, 0) is 153 Å². The van der Waals surface area contributed by atoms with Crippen molar-refractivity contribution in [1.29, 1.82) is 0 Å². The van der Waals surface area contributed by atoms with Crippen LogP contribution < -0.4 is 10.6 Å². The predicted octanol–water partition coefficient (Wildman–Crippen LogP) is 8.98. The van der Waals surface area contributed by atoms with Crippen molar-refractivity contribution in [2.75, 3.05) is 0 Å². The van der Waals surface area contributed by atoms with Crippen LogP contribution >= 0.6 is 11.3 Å². The van der Waals surface area contributed by atoms with Gasteiger partial charge in [0, 0.05) is 53.4 Å². The minimum atomic E-state index is 0.260. The molecule has 2 atom stereocenters. The van der Waals surface area contributed by atoms with Gasteiger partial charge in [-0.3, -0.25) is 9.97 Å². The molecule has 12 rings (SSSR count). The molecule has 0 radical (unpaired) electrons. The molecule has 5 nitrogen and oxygen atoms in total. The van der Waals surface area contributed by atoms with Gasteiger partial charge in [-0.15, -0.1) is 0 Å². The van der Waals surface area contributed by atoms with Gasteiger partial charge >= 0.3 is 0 Å². The summed E-state index contributed by atoms with van der Waals surface area (Å²) in [5.41, 5.74) is 6.47. The van der Waals surface area contributed by atoms with Gasteiger partial charge in [-0.1, -0.05) is 12.1 Å². The van der Waals surface area contributed by atoms with Crippen LogP contribution in [0.2, 0.25) is 0 Å². The Morgan fingerprint density at radius 2 is 1.24 bits per heavy atom. The summed E-state index contributed by atoms with van der Waals surface area (Å²) in [6.07, 6.45) is 19.3. The molecule has 8 saturated carbocycles. The molecule has 2 unspecified atom stereocenters. The van der Waals surface area contributed by atoms with E-state index in [0.717, 1.165) is 53.9 Å². The average Bonchev–Trinajstić information content (AvgIpc) is 3.76. The van der Waals surface area contributed by atoms with E-state index in [1.165, 1.54) is 93.1 Å². The molecule has 8 bridgehead atoms. The number of nitrogens with one attached hydrogen (secondary N) is 2. The molecule has 46 heavy (non-hydrogen) atoms. The van der Waals surface area contributed by atoms with Crippen molar-refractivity contribution >= 4 is 11.3 Å². The first kappa shape index (κ1) is 28.2. The topological polar surface area (TPSA) is 63.0 Å². The zero-order chi connectivity index (χ0) is 30.3. The lowest BCUT2D eigenvalue weighted by atomic mass is 9.48. The van der Waals surface area contributed by atoms with Crippen LogP contribution in [0.25, 0.3) is 22.7 Å². The van der Waals surface area contributed by atoms with Gasteiger partial charge in [0.15, 0.2) is 5.76 Å². The lowest BCUT2D eigenvalue weighted by Crippen LogP contribution is -2.60. The highest BCUT2D eigenvalue weighted by molar-refractivity contribution is 7.08. The number of hydrogen-bond donors (Lipinski definition) is 2. The maximum atomic E-state index is 6.66. The van der Waals surface area contributed by atoms with Crippen LogP contribution in [0, 0.1) is 35.5 Å². The zero-order valence-electron chi connectivity index (χ0n) is 26.8. The molecule has 0 aromatic carbocycles. The van der Waals surface area contributed by atoms with E-state index >= 15 is 0 Å². The molecule has 8 fully saturated rings. The number of nitrogens with zero attached hydrogens (tertiary/aromatic N) is 2. The third-order valence-corrected chi connectivity index (χ3v) is 14.0. The summed E-state index contributed by atoms with van der Waals surface area (Å²) < 4.78 is 6.66. The van der Waals surface area contributed by atoms with Crippen molar-refractivity contribution in [1.82, 2.24) is 20.6 Å². The highest BCUT2D eigenvalue weighted by atomic mass is 32.1. The molecule has 0 amide bonds. The van der Waals surface area contributed by atoms with Crippen molar-refractivity contribution in [3.8, 4) is 22.7 Å². The molecule has 4 heterocycles. The first-order valence-corrected chi connectivity index (χ1v) is 19.0. The van der Waals surface area contributed by atoms with Gasteiger partial charge in [0.1, 0.15) is 11.5 Å². The second kappa shape index (κ2) is 10.9. The molecule has 238 valence electrons. The van der Waals surface area contributed by atoms with Gasteiger partial charge in [0.2, 0.25) is 0 Å². The largest absolute Gasteiger partial charge is 0.459 e. The fourth-order valence-electron chi connectivity index (χ4n) is 12.1. The summed E-state index contributed by atoms with van der Waals surface area (Å²) in [6, 6.07) is 15.5. The van der Waals surface area contributed by atoms with Gasteiger partial charge in [0.05, 0.1) is 5.69 Å². The highest BCUT2D eigenvalue weighted by Crippen LogP contribution is 2.61. The summed E-state index contributed by atoms with van der Waals surface area (Å²) in [7, 11) is 0. The molecule has 8 aliphatic rings. The Labute approximate surface area is 277 Å². The van der Waals surface area contributed by atoms with Gasteiger partial charge < -0.3 is 15.1 Å². The van der Waals surface area contributed by atoms with Crippen LogP contribution in [0.4, 0.5) is 0 Å². The second-order valence-electron chi connectivity index (χ2n) is 16.5. The van der Waals surface area contributed by atoms with Crippen LogP contribution in [-0.2, 0) is 13.1 Å². The van der Waals surface area contributed by atoms with E-state index in [1.807, 2.05) is 0 Å². The molecule has 4 aromatic heterocycles. The van der Waals surface area contributed by atoms with E-state index in [1.54, 1.807) is 11.3 Å². The third kappa shape index (κ3) is 5.02. The van der Waals surface area contributed by atoms with Crippen LogP contribution in [0.15, 0.2) is 70.0 Å². The first-order chi connectivity index (χ1) is 22.6. The summed E-state index contributed by atoms with van der Waals surface area (Å²) >= 11 is 1.72. The Hall–Kier alpha value is -2.80. The standard InChI is InChI=1S/C40H46N4OS/c1-3-34(31-7-8-46-24-31)41-20-25(1)23-44-40-17-30-12-32(18-40)38(33(13-30)19-40)37-6-5-36(45-37)35-4-2-26(21-42-35)22-43-39-14-27-9-28(15-39)11-29(10-27)16-39/h1-8,20-21,24,27-30,32-33,38,43-44H,9-19,22-23H2. The Morgan fingerprint density at radius 1 is 0.652 bits per heavy atom. The Bertz CT molecular complexity index is 1640. The lowest BCUT2D eigenvalue weighted by molar-refractivity contribution is -0.0442. The smallest absolute Gasteiger partial charge is 0.152 e. The van der Waals surface area contributed by atoms with Crippen LogP contribution in [0.1, 0.15) is 93.4 Å². The summed E-state index contributed by atoms with van der Waals surface area (Å²) in [4.78, 5) is 9.66. The van der Waals surface area contributed by atoms with Gasteiger partial charge in [-0.2, -0.15) is 11.3 Å². The highest BCUT2D eigenvalue weighted by Gasteiger charge is 2.56. The summed E-state index contributed by atoms with van der Waals surface area (Å²) in [5.74, 6) is 7.82. The van der Waals surface area contributed by atoms with Gasteiger partial charge in [0.25, 0.3) is 0 Å². The second-order valence-corrected chi connectivity index (χ2v) is 17.3. The first-order valence-electron chi connectivity index (χ1n) is 18.1. The molecule has 6 heteroatoms. The summed E-state index contributed by atoms with van der Waals surface area (Å²) in [6.45, 7) is 1.83. The Kier molecular flexibility index (Phi) is 6.67. The number of aromatic nitrogens is 2.